The molecular weight excluding hydrogens is 322 g/mol. The molecule has 0 aromatic carbocycles. The van der Waals surface area contributed by atoms with Gasteiger partial charge < -0.3 is 16.4 Å². The lowest BCUT2D eigenvalue weighted by Crippen LogP contribution is -2.23. The van der Waals surface area contributed by atoms with E-state index < -0.39 is 0 Å². The fourth-order valence-electron chi connectivity index (χ4n) is 2.37. The maximum atomic E-state index is 12.3. The van der Waals surface area contributed by atoms with Gasteiger partial charge in [-0.3, -0.25) is 9.78 Å². The largest absolute Gasteiger partial charge is 0.382 e. The Bertz CT molecular complexity index is 777. The number of allylic oxidation sites excluding steroid dienone is 1. The first kappa shape index (κ1) is 16.3. The van der Waals surface area contributed by atoms with E-state index in [0.29, 0.717) is 12.4 Å². The molecule has 1 unspecified atom stereocenters. The molecule has 0 spiro atoms. The molecule has 4 N–H and O–H groups in total. The minimum atomic E-state index is -0.0464. The molecule has 6 nitrogen and oxygen atoms in total. The third-order valence-corrected chi connectivity index (χ3v) is 4.86. The Hall–Kier alpha value is -2.54. The second-order valence-corrected chi connectivity index (χ2v) is 6.68. The van der Waals surface area contributed by atoms with Gasteiger partial charge in [-0.1, -0.05) is 5.57 Å². The van der Waals surface area contributed by atoms with Crippen molar-refractivity contribution in [3.05, 3.63) is 53.3 Å². The van der Waals surface area contributed by atoms with Gasteiger partial charge in [-0.15, -0.1) is 11.8 Å². The lowest BCUT2D eigenvalue weighted by atomic mass is 10.2. The molecule has 1 aliphatic rings. The zero-order valence-corrected chi connectivity index (χ0v) is 14.1. The molecule has 7 heteroatoms. The maximum absolute atomic E-state index is 12.3. The van der Waals surface area contributed by atoms with Crippen LogP contribution in [-0.2, 0) is 11.3 Å². The average Bonchev–Trinajstić information content (AvgIpc) is 3.01. The monoisotopic (exact) mass is 341 g/mol. The minimum absolute atomic E-state index is 0.0229. The Morgan fingerprint density at radius 2 is 2.25 bits per heavy atom. The number of hydrogen-bond donors (Lipinski definition) is 3. The molecule has 2 aromatic heterocycles. The van der Waals surface area contributed by atoms with Gasteiger partial charge >= 0.3 is 0 Å². The molecule has 1 amide bonds. The third-order valence-electron chi connectivity index (χ3n) is 3.62. The minimum Gasteiger partial charge on any atom is -0.382 e. The van der Waals surface area contributed by atoms with Crippen molar-refractivity contribution in [2.24, 2.45) is 0 Å². The van der Waals surface area contributed by atoms with Crippen molar-refractivity contribution >= 4 is 34.9 Å². The van der Waals surface area contributed by atoms with E-state index in [0.717, 1.165) is 23.5 Å². The number of nitrogens with one attached hydrogen (secondary N) is 2. The van der Waals surface area contributed by atoms with Crippen LogP contribution in [-0.4, -0.2) is 21.1 Å². The number of hydrogen-bond acceptors (Lipinski definition) is 6. The zero-order chi connectivity index (χ0) is 16.9. The summed E-state index contributed by atoms with van der Waals surface area (Å²) in [5.74, 6) is 0.470. The number of anilines is 3. The highest BCUT2D eigenvalue weighted by Gasteiger charge is 2.23. The van der Waals surface area contributed by atoms with Gasteiger partial charge in [-0.25, -0.2) is 4.98 Å². The third kappa shape index (κ3) is 4.05. The lowest BCUT2D eigenvalue weighted by Gasteiger charge is -2.12. The predicted molar refractivity (Wildman–Crippen MR) is 98.6 cm³/mol. The summed E-state index contributed by atoms with van der Waals surface area (Å²) in [6, 6.07) is 7.33. The van der Waals surface area contributed by atoms with Gasteiger partial charge in [0.1, 0.15) is 5.82 Å². The lowest BCUT2D eigenvalue weighted by molar-refractivity contribution is -0.115. The number of carbonyl (C=O) groups is 1. The SMILES string of the molecule is CC1=CSC(C(=O)Nc2ccnc(CNc3cccnc3N)c2)C1. The van der Waals surface area contributed by atoms with E-state index in [1.807, 2.05) is 30.5 Å². The molecular formula is C17H19N5OS. The van der Waals surface area contributed by atoms with Gasteiger partial charge in [0.15, 0.2) is 0 Å². The van der Waals surface area contributed by atoms with Gasteiger partial charge in [0, 0.05) is 18.1 Å². The molecule has 0 radical (unpaired) electrons. The number of amides is 1. The predicted octanol–water partition coefficient (Wildman–Crippen LogP) is 3.02. The molecule has 0 bridgehead atoms. The van der Waals surface area contributed by atoms with Crippen molar-refractivity contribution in [2.75, 3.05) is 16.4 Å². The first-order valence-electron chi connectivity index (χ1n) is 7.63. The number of nitrogens with zero attached hydrogens (tertiary/aromatic N) is 2. The van der Waals surface area contributed by atoms with Crippen molar-refractivity contribution in [2.45, 2.75) is 25.1 Å². The van der Waals surface area contributed by atoms with E-state index >= 15 is 0 Å². The van der Waals surface area contributed by atoms with Crippen molar-refractivity contribution in [3.63, 3.8) is 0 Å². The van der Waals surface area contributed by atoms with E-state index in [4.69, 9.17) is 5.73 Å². The average molecular weight is 341 g/mol. The Morgan fingerprint density at radius 3 is 3.00 bits per heavy atom. The quantitative estimate of drug-likeness (QED) is 0.774. The molecule has 0 aliphatic carbocycles. The fourth-order valence-corrected chi connectivity index (χ4v) is 3.40. The van der Waals surface area contributed by atoms with E-state index in [1.165, 1.54) is 5.57 Å². The number of pyridine rings is 2. The Labute approximate surface area is 145 Å². The Morgan fingerprint density at radius 1 is 1.38 bits per heavy atom. The molecule has 1 aliphatic heterocycles. The van der Waals surface area contributed by atoms with Crippen molar-refractivity contribution in [3.8, 4) is 0 Å². The maximum Gasteiger partial charge on any atom is 0.238 e. The van der Waals surface area contributed by atoms with Gasteiger partial charge in [0.2, 0.25) is 5.91 Å². The summed E-state index contributed by atoms with van der Waals surface area (Å²) in [4.78, 5) is 20.6. The highest BCUT2D eigenvalue weighted by Crippen LogP contribution is 2.30. The molecule has 24 heavy (non-hydrogen) atoms. The summed E-state index contributed by atoms with van der Waals surface area (Å²) < 4.78 is 0. The van der Waals surface area contributed by atoms with Gasteiger partial charge in [0.05, 0.1) is 23.2 Å². The number of nitrogens with two attached hydrogens (primary N) is 1. The van der Waals surface area contributed by atoms with Gasteiger partial charge in [-0.05, 0) is 43.0 Å². The summed E-state index contributed by atoms with van der Waals surface area (Å²) in [5.41, 5.74) is 9.37. The van der Waals surface area contributed by atoms with Crippen LogP contribution in [0.15, 0.2) is 47.6 Å². The van der Waals surface area contributed by atoms with Crippen LogP contribution >= 0.6 is 11.8 Å². The van der Waals surface area contributed by atoms with Crippen LogP contribution < -0.4 is 16.4 Å². The fraction of sp³-hybridized carbons (Fsp3) is 0.235. The van der Waals surface area contributed by atoms with E-state index in [2.05, 4.69) is 20.6 Å². The van der Waals surface area contributed by atoms with Crippen molar-refractivity contribution < 1.29 is 4.79 Å². The summed E-state index contributed by atoms with van der Waals surface area (Å²) in [7, 11) is 0. The highest BCUT2D eigenvalue weighted by atomic mass is 32.2. The standard InChI is InChI=1S/C17H19N5OS/c1-11-7-15(24-10-11)17(23)22-12-4-6-19-13(8-12)9-21-14-3-2-5-20-16(14)18/h2-6,8,10,15,21H,7,9H2,1H3,(H2,18,20)(H,19,22,23). The molecule has 2 aromatic rings. The summed E-state index contributed by atoms with van der Waals surface area (Å²) in [6.07, 6.45) is 4.13. The number of rotatable bonds is 5. The molecule has 0 saturated carbocycles. The molecule has 124 valence electrons. The van der Waals surface area contributed by atoms with Crippen LogP contribution in [0.5, 0.6) is 0 Å². The van der Waals surface area contributed by atoms with E-state index in [-0.39, 0.29) is 11.2 Å². The Kier molecular flexibility index (Phi) is 5.00. The molecule has 0 fully saturated rings. The van der Waals surface area contributed by atoms with Crippen LogP contribution in [0.2, 0.25) is 0 Å². The van der Waals surface area contributed by atoms with E-state index in [9.17, 15) is 4.79 Å². The summed E-state index contributed by atoms with van der Waals surface area (Å²) >= 11 is 1.57. The first-order chi connectivity index (χ1) is 11.6. The van der Waals surface area contributed by atoms with Crippen molar-refractivity contribution in [1.29, 1.82) is 0 Å². The number of carbonyl (C=O) groups excluding carboxylic acids is 1. The second-order valence-electron chi connectivity index (χ2n) is 5.61. The topological polar surface area (TPSA) is 92.9 Å². The first-order valence-corrected chi connectivity index (χ1v) is 8.57. The summed E-state index contributed by atoms with van der Waals surface area (Å²) in [5, 5.41) is 8.15. The molecule has 0 saturated heterocycles. The van der Waals surface area contributed by atoms with Crippen LogP contribution in [0.3, 0.4) is 0 Å². The zero-order valence-electron chi connectivity index (χ0n) is 13.3. The second kappa shape index (κ2) is 7.35. The normalized spacial score (nSPS) is 16.5. The number of thioether (sulfide) groups is 1. The summed E-state index contributed by atoms with van der Waals surface area (Å²) in [6.45, 7) is 2.54. The van der Waals surface area contributed by atoms with Crippen LogP contribution in [0.1, 0.15) is 19.0 Å². The van der Waals surface area contributed by atoms with Gasteiger partial charge in [0.25, 0.3) is 0 Å². The molecule has 1 atom stereocenters. The highest BCUT2D eigenvalue weighted by molar-refractivity contribution is 8.03. The smallest absolute Gasteiger partial charge is 0.238 e. The number of aromatic nitrogens is 2. The van der Waals surface area contributed by atoms with Crippen molar-refractivity contribution in [1.82, 2.24) is 9.97 Å². The molecule has 3 heterocycles. The van der Waals surface area contributed by atoms with Crippen LogP contribution in [0, 0.1) is 0 Å². The van der Waals surface area contributed by atoms with E-state index in [1.54, 1.807) is 30.2 Å². The van der Waals surface area contributed by atoms with Gasteiger partial charge in [-0.2, -0.15) is 0 Å². The van der Waals surface area contributed by atoms with Crippen LogP contribution in [0.25, 0.3) is 0 Å². The Balaban J connectivity index is 1.60. The molecule has 3 rings (SSSR count). The number of nitrogen functional groups attached to an aromatic ring is 1. The van der Waals surface area contributed by atoms with Crippen LogP contribution in [0.4, 0.5) is 17.2 Å².